The Bertz CT molecular complexity index is 760. The normalized spacial score (nSPS) is 23.0. The summed E-state index contributed by atoms with van der Waals surface area (Å²) in [5, 5.41) is 0. The first-order valence-electron chi connectivity index (χ1n) is 9.26. The fraction of sp³-hybridized carbons (Fsp3) is 0.526. The molecule has 3 heterocycles. The van der Waals surface area contributed by atoms with Gasteiger partial charge in [-0.15, -0.1) is 0 Å². The highest BCUT2D eigenvalue weighted by Crippen LogP contribution is 2.33. The molecule has 1 atom stereocenters. The average molecular weight is 359 g/mol. The molecule has 0 aliphatic carbocycles. The van der Waals surface area contributed by atoms with Crippen molar-refractivity contribution in [1.29, 1.82) is 0 Å². The van der Waals surface area contributed by atoms with Crippen LogP contribution in [0.5, 0.6) is 0 Å². The SMILES string of the molecule is O=C(CN1C(=O)C2CCCN2C(=O)c2cc(F)ccc21)N1CCCCC1. The van der Waals surface area contributed by atoms with Crippen LogP contribution in [0, 0.1) is 5.82 Å². The number of fused-ring (bicyclic) bond motifs is 2. The number of benzene rings is 1. The second-order valence-corrected chi connectivity index (χ2v) is 7.18. The molecule has 0 spiro atoms. The lowest BCUT2D eigenvalue weighted by Gasteiger charge is -2.31. The fourth-order valence-corrected chi connectivity index (χ4v) is 4.18. The Kier molecular flexibility index (Phi) is 4.38. The van der Waals surface area contributed by atoms with Crippen LogP contribution in [0.2, 0.25) is 0 Å². The summed E-state index contributed by atoms with van der Waals surface area (Å²) in [6.07, 6.45) is 4.36. The minimum atomic E-state index is -0.563. The van der Waals surface area contributed by atoms with Crippen LogP contribution < -0.4 is 4.90 Å². The molecule has 3 aliphatic heterocycles. The van der Waals surface area contributed by atoms with Crippen molar-refractivity contribution in [3.05, 3.63) is 29.6 Å². The number of halogens is 1. The summed E-state index contributed by atoms with van der Waals surface area (Å²) >= 11 is 0. The van der Waals surface area contributed by atoms with Crippen LogP contribution in [-0.4, -0.2) is 59.7 Å². The van der Waals surface area contributed by atoms with E-state index < -0.39 is 11.9 Å². The van der Waals surface area contributed by atoms with Gasteiger partial charge < -0.3 is 14.7 Å². The van der Waals surface area contributed by atoms with Gasteiger partial charge in [0.2, 0.25) is 11.8 Å². The van der Waals surface area contributed by atoms with E-state index in [1.807, 2.05) is 0 Å². The van der Waals surface area contributed by atoms with Gasteiger partial charge >= 0.3 is 0 Å². The number of carbonyl (C=O) groups excluding carboxylic acids is 3. The molecule has 26 heavy (non-hydrogen) atoms. The van der Waals surface area contributed by atoms with Crippen molar-refractivity contribution < 1.29 is 18.8 Å². The van der Waals surface area contributed by atoms with E-state index in [1.54, 1.807) is 4.90 Å². The molecule has 1 unspecified atom stereocenters. The highest BCUT2D eigenvalue weighted by atomic mass is 19.1. The molecule has 3 aliphatic rings. The number of likely N-dealkylation sites (tertiary alicyclic amines) is 1. The number of hydrogen-bond donors (Lipinski definition) is 0. The van der Waals surface area contributed by atoms with Crippen molar-refractivity contribution >= 4 is 23.4 Å². The maximum Gasteiger partial charge on any atom is 0.256 e. The van der Waals surface area contributed by atoms with Gasteiger partial charge in [-0.1, -0.05) is 0 Å². The summed E-state index contributed by atoms with van der Waals surface area (Å²) in [7, 11) is 0. The summed E-state index contributed by atoms with van der Waals surface area (Å²) in [6, 6.07) is 3.27. The highest BCUT2D eigenvalue weighted by molar-refractivity contribution is 6.12. The Balaban J connectivity index is 1.69. The van der Waals surface area contributed by atoms with Gasteiger partial charge in [0.15, 0.2) is 0 Å². The molecule has 7 heteroatoms. The van der Waals surface area contributed by atoms with Gasteiger partial charge in [-0.05, 0) is 50.3 Å². The molecule has 2 saturated heterocycles. The molecule has 0 radical (unpaired) electrons. The number of carbonyl (C=O) groups is 3. The summed E-state index contributed by atoms with van der Waals surface area (Å²) < 4.78 is 13.8. The third kappa shape index (κ3) is 2.85. The van der Waals surface area contributed by atoms with Crippen molar-refractivity contribution in [3.63, 3.8) is 0 Å². The first-order valence-corrected chi connectivity index (χ1v) is 9.26. The molecule has 0 saturated carbocycles. The molecule has 3 amide bonds. The van der Waals surface area contributed by atoms with Gasteiger partial charge in [0.1, 0.15) is 18.4 Å². The minimum Gasteiger partial charge on any atom is -0.341 e. The lowest BCUT2D eigenvalue weighted by atomic mass is 10.1. The summed E-state index contributed by atoms with van der Waals surface area (Å²) in [6.45, 7) is 1.78. The first kappa shape index (κ1) is 17.0. The average Bonchev–Trinajstić information content (AvgIpc) is 3.13. The topological polar surface area (TPSA) is 60.9 Å². The maximum absolute atomic E-state index is 13.8. The van der Waals surface area contributed by atoms with Crippen molar-refractivity contribution in [3.8, 4) is 0 Å². The predicted molar refractivity (Wildman–Crippen MR) is 93.2 cm³/mol. The quantitative estimate of drug-likeness (QED) is 0.809. The number of nitrogens with zero attached hydrogens (tertiary/aromatic N) is 3. The van der Waals surface area contributed by atoms with Gasteiger partial charge in [0, 0.05) is 19.6 Å². The van der Waals surface area contributed by atoms with Crippen molar-refractivity contribution in [2.24, 2.45) is 0 Å². The van der Waals surface area contributed by atoms with Crippen LogP contribution in [0.1, 0.15) is 42.5 Å². The van der Waals surface area contributed by atoms with E-state index in [9.17, 15) is 18.8 Å². The maximum atomic E-state index is 13.8. The summed E-state index contributed by atoms with van der Waals surface area (Å²) in [4.78, 5) is 43.4. The summed E-state index contributed by atoms with van der Waals surface area (Å²) in [5.41, 5.74) is 0.496. The zero-order chi connectivity index (χ0) is 18.3. The molecule has 0 aromatic heterocycles. The molecule has 1 aromatic carbocycles. The van der Waals surface area contributed by atoms with Gasteiger partial charge in [-0.3, -0.25) is 14.4 Å². The highest BCUT2D eigenvalue weighted by Gasteiger charge is 2.42. The van der Waals surface area contributed by atoms with E-state index in [1.165, 1.54) is 28.0 Å². The number of piperidine rings is 1. The number of rotatable bonds is 2. The molecular formula is C19H22FN3O3. The van der Waals surface area contributed by atoms with Gasteiger partial charge in [0.25, 0.3) is 5.91 Å². The molecule has 0 bridgehead atoms. The lowest BCUT2D eigenvalue weighted by Crippen LogP contribution is -2.49. The van der Waals surface area contributed by atoms with E-state index in [0.717, 1.165) is 25.7 Å². The van der Waals surface area contributed by atoms with E-state index in [0.29, 0.717) is 31.7 Å². The zero-order valence-electron chi connectivity index (χ0n) is 14.6. The van der Waals surface area contributed by atoms with Crippen LogP contribution in [0.25, 0.3) is 0 Å². The zero-order valence-corrected chi connectivity index (χ0v) is 14.6. The predicted octanol–water partition coefficient (Wildman–Crippen LogP) is 1.79. The Morgan fingerprint density at radius 1 is 1.08 bits per heavy atom. The van der Waals surface area contributed by atoms with Gasteiger partial charge in [0.05, 0.1) is 11.3 Å². The molecule has 4 rings (SSSR count). The van der Waals surface area contributed by atoms with E-state index in [-0.39, 0.29) is 29.8 Å². The summed E-state index contributed by atoms with van der Waals surface area (Å²) in [5.74, 6) is -1.22. The van der Waals surface area contributed by atoms with Crippen LogP contribution in [-0.2, 0) is 9.59 Å². The van der Waals surface area contributed by atoms with Crippen molar-refractivity contribution in [2.45, 2.75) is 38.1 Å². The smallest absolute Gasteiger partial charge is 0.256 e. The van der Waals surface area contributed by atoms with Crippen molar-refractivity contribution in [2.75, 3.05) is 31.1 Å². The van der Waals surface area contributed by atoms with E-state index >= 15 is 0 Å². The molecular weight excluding hydrogens is 337 g/mol. The lowest BCUT2D eigenvalue weighted by molar-refractivity contribution is -0.132. The van der Waals surface area contributed by atoms with Crippen LogP contribution >= 0.6 is 0 Å². The van der Waals surface area contributed by atoms with Crippen LogP contribution in [0.4, 0.5) is 10.1 Å². The standard InChI is InChI=1S/C19H22FN3O3/c20-13-6-7-15-14(11-13)18(25)22-10-4-5-16(22)19(26)23(15)12-17(24)21-8-2-1-3-9-21/h6-7,11,16H,1-5,8-10,12H2. The minimum absolute atomic E-state index is 0.102. The number of amides is 3. The largest absolute Gasteiger partial charge is 0.341 e. The van der Waals surface area contributed by atoms with Gasteiger partial charge in [-0.2, -0.15) is 0 Å². The van der Waals surface area contributed by atoms with Crippen molar-refractivity contribution in [1.82, 2.24) is 9.80 Å². The number of anilines is 1. The fourth-order valence-electron chi connectivity index (χ4n) is 4.18. The molecule has 138 valence electrons. The first-order chi connectivity index (χ1) is 12.6. The molecule has 6 nitrogen and oxygen atoms in total. The third-order valence-electron chi connectivity index (χ3n) is 5.55. The second kappa shape index (κ2) is 6.70. The van der Waals surface area contributed by atoms with Gasteiger partial charge in [-0.25, -0.2) is 4.39 Å². The Morgan fingerprint density at radius 3 is 2.62 bits per heavy atom. The van der Waals surface area contributed by atoms with Crippen LogP contribution in [0.3, 0.4) is 0 Å². The molecule has 2 fully saturated rings. The molecule has 1 aromatic rings. The Labute approximate surface area is 151 Å². The Hall–Kier alpha value is -2.44. The Morgan fingerprint density at radius 2 is 1.85 bits per heavy atom. The molecule has 0 N–H and O–H groups in total. The van der Waals surface area contributed by atoms with Crippen LogP contribution in [0.15, 0.2) is 18.2 Å². The third-order valence-corrected chi connectivity index (χ3v) is 5.55. The van der Waals surface area contributed by atoms with E-state index in [4.69, 9.17) is 0 Å². The number of hydrogen-bond acceptors (Lipinski definition) is 3. The van der Waals surface area contributed by atoms with E-state index in [2.05, 4.69) is 0 Å². The second-order valence-electron chi connectivity index (χ2n) is 7.18. The monoisotopic (exact) mass is 359 g/mol.